The highest BCUT2D eigenvalue weighted by molar-refractivity contribution is 7.87. The van der Waals surface area contributed by atoms with Crippen LogP contribution in [-0.4, -0.2) is 68.0 Å². The zero-order valence-electron chi connectivity index (χ0n) is 15.0. The smallest absolute Gasteiger partial charge is 0.279 e. The van der Waals surface area contributed by atoms with Crippen LogP contribution in [-0.2, 0) is 21.5 Å². The molecule has 2 aliphatic heterocycles. The lowest BCUT2D eigenvalue weighted by atomic mass is 9.90. The van der Waals surface area contributed by atoms with E-state index in [1.165, 1.54) is 4.31 Å². The molecule has 0 unspecified atom stereocenters. The molecule has 9 heteroatoms. The van der Waals surface area contributed by atoms with E-state index in [1.807, 2.05) is 6.92 Å². The van der Waals surface area contributed by atoms with Crippen molar-refractivity contribution < 1.29 is 13.2 Å². The number of likely N-dealkylation sites (tertiary alicyclic amines) is 1. The van der Waals surface area contributed by atoms with E-state index in [9.17, 15) is 8.42 Å². The van der Waals surface area contributed by atoms with Crippen molar-refractivity contribution >= 4 is 21.5 Å². The molecule has 2 atom stereocenters. The molecule has 0 saturated carbocycles. The highest BCUT2D eigenvalue weighted by Gasteiger charge is 2.34. The molecule has 0 aliphatic carbocycles. The number of hydrogen-bond donors (Lipinski definition) is 1. The van der Waals surface area contributed by atoms with Gasteiger partial charge in [0.15, 0.2) is 0 Å². The number of piperidine rings is 1. The van der Waals surface area contributed by atoms with Crippen molar-refractivity contribution in [1.29, 1.82) is 0 Å². The summed E-state index contributed by atoms with van der Waals surface area (Å²) in [6.07, 6.45) is 1.80. The van der Waals surface area contributed by atoms with Gasteiger partial charge in [-0.05, 0) is 19.3 Å². The van der Waals surface area contributed by atoms with Gasteiger partial charge in [0.1, 0.15) is 0 Å². The average molecular weight is 389 g/mol. The molecule has 3 rings (SSSR count). The SMILES string of the molecule is CC[C@@H]1CN(Cc2csc(C)n2)CC[C@@H]1NS(=O)(=O)N1CCOCC1. The molecule has 0 radical (unpaired) electrons. The van der Waals surface area contributed by atoms with Gasteiger partial charge >= 0.3 is 0 Å². The lowest BCUT2D eigenvalue weighted by Crippen LogP contribution is -2.55. The summed E-state index contributed by atoms with van der Waals surface area (Å²) in [4.78, 5) is 6.93. The van der Waals surface area contributed by atoms with Crippen molar-refractivity contribution in [2.24, 2.45) is 5.92 Å². The molecule has 2 aliphatic rings. The van der Waals surface area contributed by atoms with E-state index in [0.29, 0.717) is 32.2 Å². The van der Waals surface area contributed by atoms with Crippen LogP contribution < -0.4 is 4.72 Å². The minimum absolute atomic E-state index is 0.00580. The van der Waals surface area contributed by atoms with Crippen LogP contribution in [0.4, 0.5) is 0 Å². The molecule has 3 heterocycles. The van der Waals surface area contributed by atoms with Crippen LogP contribution >= 0.6 is 11.3 Å². The van der Waals surface area contributed by atoms with Gasteiger partial charge in [-0.2, -0.15) is 17.4 Å². The molecular formula is C16H28N4O3S2. The largest absolute Gasteiger partial charge is 0.379 e. The molecule has 0 spiro atoms. The van der Waals surface area contributed by atoms with Crippen molar-refractivity contribution in [2.45, 2.75) is 39.3 Å². The Morgan fingerprint density at radius 2 is 2.12 bits per heavy atom. The van der Waals surface area contributed by atoms with E-state index in [-0.39, 0.29) is 6.04 Å². The first kappa shape index (κ1) is 19.2. The van der Waals surface area contributed by atoms with Crippen molar-refractivity contribution in [3.8, 4) is 0 Å². The number of nitrogens with one attached hydrogen (secondary N) is 1. The van der Waals surface area contributed by atoms with Gasteiger partial charge in [0, 0.05) is 44.1 Å². The third-order valence-corrected chi connectivity index (χ3v) is 7.47. The second kappa shape index (κ2) is 8.41. The van der Waals surface area contributed by atoms with Crippen LogP contribution in [0.15, 0.2) is 5.38 Å². The number of aromatic nitrogens is 1. The molecule has 0 bridgehead atoms. The molecule has 0 amide bonds. The molecule has 1 aromatic heterocycles. The Morgan fingerprint density at radius 1 is 1.36 bits per heavy atom. The van der Waals surface area contributed by atoms with E-state index in [2.05, 4.69) is 26.9 Å². The Bertz CT molecular complexity index is 658. The topological polar surface area (TPSA) is 74.8 Å². The van der Waals surface area contributed by atoms with E-state index in [4.69, 9.17) is 4.74 Å². The lowest BCUT2D eigenvalue weighted by Gasteiger charge is -2.39. The number of rotatable bonds is 6. The van der Waals surface area contributed by atoms with Gasteiger partial charge in [-0.25, -0.2) is 4.98 Å². The normalized spacial score (nSPS) is 26.8. The first-order chi connectivity index (χ1) is 12.0. The summed E-state index contributed by atoms with van der Waals surface area (Å²) < 4.78 is 35.0. The van der Waals surface area contributed by atoms with Gasteiger partial charge in [0.25, 0.3) is 10.2 Å². The zero-order chi connectivity index (χ0) is 17.9. The van der Waals surface area contributed by atoms with E-state index >= 15 is 0 Å². The first-order valence-corrected chi connectivity index (χ1v) is 11.3. The third kappa shape index (κ3) is 4.99. The summed E-state index contributed by atoms with van der Waals surface area (Å²) in [6.45, 7) is 8.64. The third-order valence-electron chi connectivity index (χ3n) is 5.00. The zero-order valence-corrected chi connectivity index (χ0v) is 16.6. The summed E-state index contributed by atoms with van der Waals surface area (Å²) >= 11 is 1.68. The highest BCUT2D eigenvalue weighted by Crippen LogP contribution is 2.23. The number of hydrogen-bond acceptors (Lipinski definition) is 6. The lowest BCUT2D eigenvalue weighted by molar-refractivity contribution is 0.0714. The predicted octanol–water partition coefficient (Wildman–Crippen LogP) is 1.22. The number of morpholine rings is 1. The molecule has 0 aromatic carbocycles. The maximum atomic E-state index is 12.6. The van der Waals surface area contributed by atoms with Crippen LogP contribution in [0.2, 0.25) is 0 Å². The van der Waals surface area contributed by atoms with Crippen LogP contribution in [0, 0.1) is 12.8 Å². The number of thiazole rings is 1. The molecule has 1 N–H and O–H groups in total. The first-order valence-electron chi connectivity index (χ1n) is 8.96. The molecule has 2 saturated heterocycles. The minimum atomic E-state index is -3.42. The van der Waals surface area contributed by atoms with Crippen LogP contribution in [0.5, 0.6) is 0 Å². The van der Waals surface area contributed by atoms with Gasteiger partial charge in [0.05, 0.1) is 23.9 Å². The van der Waals surface area contributed by atoms with Crippen LogP contribution in [0.1, 0.15) is 30.5 Å². The van der Waals surface area contributed by atoms with Gasteiger partial charge < -0.3 is 4.74 Å². The molecule has 25 heavy (non-hydrogen) atoms. The Labute approximate surface area is 154 Å². The fourth-order valence-electron chi connectivity index (χ4n) is 3.58. The molecule has 2 fully saturated rings. The van der Waals surface area contributed by atoms with Crippen LogP contribution in [0.3, 0.4) is 0 Å². The van der Waals surface area contributed by atoms with Gasteiger partial charge in [-0.1, -0.05) is 13.3 Å². The maximum absolute atomic E-state index is 12.6. The predicted molar refractivity (Wildman–Crippen MR) is 98.8 cm³/mol. The summed E-state index contributed by atoms with van der Waals surface area (Å²) in [6, 6.07) is 0.00580. The van der Waals surface area contributed by atoms with Crippen molar-refractivity contribution in [3.05, 3.63) is 16.1 Å². The molecule has 142 valence electrons. The number of aryl methyl sites for hydroxylation is 1. The highest BCUT2D eigenvalue weighted by atomic mass is 32.2. The standard InChI is InChI=1S/C16H28N4O3S2/c1-3-14-10-19(11-15-12-24-13(2)17-15)5-4-16(14)18-25(21,22)20-6-8-23-9-7-20/h12,14,16,18H,3-11H2,1-2H3/t14-,16+/m1/s1. The molecular weight excluding hydrogens is 360 g/mol. The fraction of sp³-hybridized carbons (Fsp3) is 0.812. The number of ether oxygens (including phenoxy) is 1. The average Bonchev–Trinajstić information content (AvgIpc) is 3.01. The van der Waals surface area contributed by atoms with E-state index in [1.54, 1.807) is 11.3 Å². The molecule has 1 aromatic rings. The summed E-state index contributed by atoms with van der Waals surface area (Å²) in [5.41, 5.74) is 1.12. The minimum Gasteiger partial charge on any atom is -0.379 e. The van der Waals surface area contributed by atoms with Crippen molar-refractivity contribution in [2.75, 3.05) is 39.4 Å². The fourth-order valence-corrected chi connectivity index (χ4v) is 5.66. The summed E-state index contributed by atoms with van der Waals surface area (Å²) in [7, 11) is -3.42. The van der Waals surface area contributed by atoms with Gasteiger partial charge in [-0.15, -0.1) is 11.3 Å². The Morgan fingerprint density at radius 3 is 2.76 bits per heavy atom. The quantitative estimate of drug-likeness (QED) is 0.793. The second-order valence-electron chi connectivity index (χ2n) is 6.79. The second-order valence-corrected chi connectivity index (χ2v) is 9.56. The van der Waals surface area contributed by atoms with Crippen LogP contribution in [0.25, 0.3) is 0 Å². The number of nitrogens with zero attached hydrogens (tertiary/aromatic N) is 3. The Balaban J connectivity index is 1.58. The summed E-state index contributed by atoms with van der Waals surface area (Å²) in [5.74, 6) is 0.323. The summed E-state index contributed by atoms with van der Waals surface area (Å²) in [5, 5.41) is 3.21. The van der Waals surface area contributed by atoms with Crippen molar-refractivity contribution in [3.63, 3.8) is 0 Å². The van der Waals surface area contributed by atoms with Gasteiger partial charge in [-0.3, -0.25) is 4.90 Å². The maximum Gasteiger partial charge on any atom is 0.279 e. The van der Waals surface area contributed by atoms with E-state index in [0.717, 1.165) is 43.2 Å². The Kier molecular flexibility index (Phi) is 6.45. The van der Waals surface area contributed by atoms with Gasteiger partial charge in [0.2, 0.25) is 0 Å². The van der Waals surface area contributed by atoms with Crippen molar-refractivity contribution in [1.82, 2.24) is 18.9 Å². The molecule has 7 nitrogen and oxygen atoms in total. The Hall–Kier alpha value is -0.580. The van der Waals surface area contributed by atoms with E-state index < -0.39 is 10.2 Å². The monoisotopic (exact) mass is 388 g/mol.